The Balaban J connectivity index is 1.73. The topological polar surface area (TPSA) is 24.9 Å². The molecule has 0 aliphatic carbocycles. The predicted octanol–water partition coefficient (Wildman–Crippen LogP) is 3.07. The fourth-order valence-electron chi connectivity index (χ4n) is 1.66. The van der Waals surface area contributed by atoms with Crippen molar-refractivity contribution in [2.45, 2.75) is 13.0 Å². The van der Waals surface area contributed by atoms with Crippen molar-refractivity contribution in [2.24, 2.45) is 0 Å². The van der Waals surface area contributed by atoms with Gasteiger partial charge in [-0.05, 0) is 48.4 Å². The van der Waals surface area contributed by atoms with Gasteiger partial charge in [0.15, 0.2) is 0 Å². The first-order chi connectivity index (χ1) is 8.34. The molecule has 17 heavy (non-hydrogen) atoms. The smallest absolute Gasteiger partial charge is 0.0409 e. The minimum Gasteiger partial charge on any atom is -0.312 e. The van der Waals surface area contributed by atoms with E-state index in [1.165, 1.54) is 11.1 Å². The number of benzene rings is 1. The number of hydrogen-bond acceptors (Lipinski definition) is 2. The molecule has 0 amide bonds. The molecular weight excluding hydrogens is 232 g/mol. The molecule has 2 aromatic rings. The molecule has 0 saturated heterocycles. The van der Waals surface area contributed by atoms with Crippen LogP contribution in [-0.4, -0.2) is 11.5 Å². The van der Waals surface area contributed by atoms with E-state index < -0.39 is 0 Å². The Labute approximate surface area is 107 Å². The quantitative estimate of drug-likeness (QED) is 0.821. The van der Waals surface area contributed by atoms with Crippen LogP contribution < -0.4 is 5.32 Å². The van der Waals surface area contributed by atoms with Crippen molar-refractivity contribution in [3.8, 4) is 0 Å². The molecule has 0 aliphatic rings. The minimum absolute atomic E-state index is 0.790. The average Bonchev–Trinajstić information content (AvgIpc) is 2.36. The summed E-state index contributed by atoms with van der Waals surface area (Å²) in [5, 5.41) is 4.19. The molecule has 0 atom stereocenters. The molecule has 0 saturated carbocycles. The lowest BCUT2D eigenvalue weighted by Crippen LogP contribution is -2.16. The Morgan fingerprint density at radius 3 is 2.65 bits per heavy atom. The summed E-state index contributed by atoms with van der Waals surface area (Å²) in [6.07, 6.45) is 4.67. The van der Waals surface area contributed by atoms with Gasteiger partial charge in [0.25, 0.3) is 0 Å². The van der Waals surface area contributed by atoms with Crippen molar-refractivity contribution in [3.05, 3.63) is 64.9 Å². The second-order valence-electron chi connectivity index (χ2n) is 3.91. The van der Waals surface area contributed by atoms with E-state index in [1.807, 2.05) is 42.7 Å². The van der Waals surface area contributed by atoms with Gasteiger partial charge in [-0.2, -0.15) is 0 Å². The normalized spacial score (nSPS) is 10.4. The highest BCUT2D eigenvalue weighted by Crippen LogP contribution is 2.10. The lowest BCUT2D eigenvalue weighted by Gasteiger charge is -2.05. The van der Waals surface area contributed by atoms with E-state index in [-0.39, 0.29) is 0 Å². The highest BCUT2D eigenvalue weighted by molar-refractivity contribution is 6.30. The van der Waals surface area contributed by atoms with Crippen LogP contribution in [0.5, 0.6) is 0 Å². The summed E-state index contributed by atoms with van der Waals surface area (Å²) >= 11 is 5.92. The third kappa shape index (κ3) is 4.17. The Morgan fingerprint density at radius 1 is 1.06 bits per heavy atom. The SMILES string of the molecule is Clc1cccc(CNCCc2ccncc2)c1. The molecule has 88 valence electrons. The van der Waals surface area contributed by atoms with Crippen LogP contribution in [0.4, 0.5) is 0 Å². The van der Waals surface area contributed by atoms with Crippen molar-refractivity contribution in [3.63, 3.8) is 0 Å². The number of aromatic nitrogens is 1. The predicted molar refractivity (Wildman–Crippen MR) is 71.1 cm³/mol. The Morgan fingerprint density at radius 2 is 1.88 bits per heavy atom. The van der Waals surface area contributed by atoms with Gasteiger partial charge in [-0.15, -0.1) is 0 Å². The molecule has 0 radical (unpaired) electrons. The van der Waals surface area contributed by atoms with Crippen LogP contribution in [0.15, 0.2) is 48.8 Å². The highest BCUT2D eigenvalue weighted by atomic mass is 35.5. The summed E-state index contributed by atoms with van der Waals surface area (Å²) in [5.74, 6) is 0. The second kappa shape index (κ2) is 6.38. The molecule has 0 spiro atoms. The lowest BCUT2D eigenvalue weighted by molar-refractivity contribution is 0.686. The standard InChI is InChI=1S/C14H15ClN2/c15-14-3-1-2-13(10-14)11-17-9-6-12-4-7-16-8-5-12/h1-5,7-8,10,17H,6,9,11H2. The van der Waals surface area contributed by atoms with Crippen molar-refractivity contribution in [1.29, 1.82) is 0 Å². The third-order valence-corrected chi connectivity index (χ3v) is 2.79. The molecule has 2 rings (SSSR count). The van der Waals surface area contributed by atoms with Crippen LogP contribution in [0.1, 0.15) is 11.1 Å². The maximum Gasteiger partial charge on any atom is 0.0409 e. The summed E-state index contributed by atoms with van der Waals surface area (Å²) in [7, 11) is 0. The van der Waals surface area contributed by atoms with E-state index in [4.69, 9.17) is 11.6 Å². The average molecular weight is 247 g/mol. The largest absolute Gasteiger partial charge is 0.312 e. The van der Waals surface area contributed by atoms with Gasteiger partial charge in [-0.25, -0.2) is 0 Å². The Hall–Kier alpha value is -1.38. The van der Waals surface area contributed by atoms with Gasteiger partial charge in [0.2, 0.25) is 0 Å². The van der Waals surface area contributed by atoms with Gasteiger partial charge in [0.1, 0.15) is 0 Å². The van der Waals surface area contributed by atoms with Crippen LogP contribution in [0, 0.1) is 0 Å². The molecule has 1 N–H and O–H groups in total. The Bertz CT molecular complexity index is 457. The van der Waals surface area contributed by atoms with Gasteiger partial charge >= 0.3 is 0 Å². The van der Waals surface area contributed by atoms with Crippen molar-refractivity contribution < 1.29 is 0 Å². The fraction of sp³-hybridized carbons (Fsp3) is 0.214. The molecule has 1 aromatic heterocycles. The minimum atomic E-state index is 0.790. The van der Waals surface area contributed by atoms with Crippen LogP contribution >= 0.6 is 11.6 Å². The first-order valence-corrected chi connectivity index (χ1v) is 6.06. The van der Waals surface area contributed by atoms with E-state index in [0.29, 0.717) is 0 Å². The number of nitrogens with zero attached hydrogens (tertiary/aromatic N) is 1. The molecule has 1 heterocycles. The molecule has 0 unspecified atom stereocenters. The molecule has 0 bridgehead atoms. The Kier molecular flexibility index (Phi) is 4.54. The number of rotatable bonds is 5. The maximum absolute atomic E-state index is 5.92. The highest BCUT2D eigenvalue weighted by Gasteiger charge is 1.95. The zero-order valence-corrected chi connectivity index (χ0v) is 10.3. The molecule has 2 nitrogen and oxygen atoms in total. The van der Waals surface area contributed by atoms with Crippen molar-refractivity contribution in [2.75, 3.05) is 6.54 Å². The molecular formula is C14H15ClN2. The summed E-state index contributed by atoms with van der Waals surface area (Å²) in [6.45, 7) is 1.81. The third-order valence-electron chi connectivity index (χ3n) is 2.56. The molecule has 3 heteroatoms. The van der Waals surface area contributed by atoms with Crippen LogP contribution in [0.25, 0.3) is 0 Å². The van der Waals surface area contributed by atoms with Crippen LogP contribution in [0.3, 0.4) is 0 Å². The monoisotopic (exact) mass is 246 g/mol. The number of halogens is 1. The molecule has 0 fully saturated rings. The van der Waals surface area contributed by atoms with E-state index in [1.54, 1.807) is 0 Å². The first-order valence-electron chi connectivity index (χ1n) is 5.68. The number of hydrogen-bond donors (Lipinski definition) is 1. The number of nitrogens with one attached hydrogen (secondary N) is 1. The van der Waals surface area contributed by atoms with Gasteiger partial charge in [-0.3, -0.25) is 4.98 Å². The summed E-state index contributed by atoms with van der Waals surface area (Å²) < 4.78 is 0. The van der Waals surface area contributed by atoms with E-state index in [0.717, 1.165) is 24.5 Å². The molecule has 1 aromatic carbocycles. The first kappa shape index (κ1) is 12.1. The number of pyridine rings is 1. The fourth-order valence-corrected chi connectivity index (χ4v) is 1.87. The molecule has 0 aliphatic heterocycles. The summed E-state index contributed by atoms with van der Waals surface area (Å²) in [4.78, 5) is 4.00. The van der Waals surface area contributed by atoms with Gasteiger partial charge in [-0.1, -0.05) is 23.7 Å². The maximum atomic E-state index is 5.92. The van der Waals surface area contributed by atoms with Gasteiger partial charge in [0, 0.05) is 24.0 Å². The zero-order chi connectivity index (χ0) is 11.9. The van der Waals surface area contributed by atoms with Crippen molar-refractivity contribution >= 4 is 11.6 Å². The van der Waals surface area contributed by atoms with E-state index >= 15 is 0 Å². The van der Waals surface area contributed by atoms with Crippen LogP contribution in [0.2, 0.25) is 5.02 Å². The second-order valence-corrected chi connectivity index (χ2v) is 4.35. The lowest BCUT2D eigenvalue weighted by atomic mass is 10.2. The van der Waals surface area contributed by atoms with E-state index in [2.05, 4.69) is 16.4 Å². The van der Waals surface area contributed by atoms with Crippen LogP contribution in [-0.2, 0) is 13.0 Å². The van der Waals surface area contributed by atoms with Crippen molar-refractivity contribution in [1.82, 2.24) is 10.3 Å². The van der Waals surface area contributed by atoms with Gasteiger partial charge in [0.05, 0.1) is 0 Å². The summed E-state index contributed by atoms with van der Waals surface area (Å²) in [6, 6.07) is 12.0. The van der Waals surface area contributed by atoms with E-state index in [9.17, 15) is 0 Å². The van der Waals surface area contributed by atoms with Gasteiger partial charge < -0.3 is 5.32 Å². The zero-order valence-electron chi connectivity index (χ0n) is 9.57. The summed E-state index contributed by atoms with van der Waals surface area (Å²) in [5.41, 5.74) is 2.52.